The van der Waals surface area contributed by atoms with Crippen molar-refractivity contribution >= 4 is 28.9 Å². The summed E-state index contributed by atoms with van der Waals surface area (Å²) in [7, 11) is 3.82. The van der Waals surface area contributed by atoms with Crippen LogP contribution in [0.1, 0.15) is 19.3 Å². The molecule has 0 fully saturated rings. The van der Waals surface area contributed by atoms with Gasteiger partial charge in [0, 0.05) is 32.8 Å². The molecule has 100 valence electrons. The van der Waals surface area contributed by atoms with Crippen LogP contribution >= 0.6 is 11.6 Å². The molecule has 18 heavy (non-hydrogen) atoms. The number of anilines is 2. The molecule has 1 rings (SSSR count). The van der Waals surface area contributed by atoms with E-state index >= 15 is 0 Å². The molecule has 0 saturated carbocycles. The molecule has 0 saturated heterocycles. The predicted molar refractivity (Wildman–Crippen MR) is 75.3 cm³/mol. The van der Waals surface area contributed by atoms with Crippen molar-refractivity contribution in [2.24, 2.45) is 0 Å². The van der Waals surface area contributed by atoms with Gasteiger partial charge in [0.05, 0.1) is 10.7 Å². The molecule has 0 aromatic heterocycles. The van der Waals surface area contributed by atoms with Gasteiger partial charge in [-0.25, -0.2) is 0 Å². The van der Waals surface area contributed by atoms with E-state index in [1.54, 1.807) is 6.07 Å². The molecule has 5 heteroatoms. The van der Waals surface area contributed by atoms with Crippen LogP contribution in [0.4, 0.5) is 11.4 Å². The minimum atomic E-state index is -0.0582. The van der Waals surface area contributed by atoms with E-state index in [1.807, 2.05) is 31.1 Å². The molecule has 0 aliphatic carbocycles. The summed E-state index contributed by atoms with van der Waals surface area (Å²) in [6.45, 7) is 0.122. The number of nitrogens with one attached hydrogen (secondary N) is 1. The third kappa shape index (κ3) is 4.55. The second kappa shape index (κ2) is 7.24. The third-order valence-electron chi connectivity index (χ3n) is 2.53. The summed E-state index contributed by atoms with van der Waals surface area (Å²) in [6, 6.07) is 5.43. The van der Waals surface area contributed by atoms with Gasteiger partial charge >= 0.3 is 0 Å². The minimum absolute atomic E-state index is 0.0582. The molecule has 0 aliphatic rings. The summed E-state index contributed by atoms with van der Waals surface area (Å²) >= 11 is 6.11. The number of benzene rings is 1. The standard InChI is InChI=1S/C13H19ClN2O2/c1-16(2)12-7-6-10(9-11(12)14)15-13(18)5-3-4-8-17/h6-7,9,17H,3-5,8H2,1-2H3,(H,15,18). The van der Waals surface area contributed by atoms with Gasteiger partial charge in [-0.05, 0) is 31.0 Å². The topological polar surface area (TPSA) is 52.6 Å². The Morgan fingerprint density at radius 3 is 2.67 bits per heavy atom. The van der Waals surface area contributed by atoms with Crippen LogP contribution in [-0.2, 0) is 4.79 Å². The average molecular weight is 271 g/mol. The Balaban J connectivity index is 2.58. The van der Waals surface area contributed by atoms with Gasteiger partial charge in [-0.15, -0.1) is 0 Å². The molecule has 1 aromatic carbocycles. The van der Waals surface area contributed by atoms with Crippen molar-refractivity contribution in [3.05, 3.63) is 23.2 Å². The van der Waals surface area contributed by atoms with Crippen LogP contribution in [-0.4, -0.2) is 31.7 Å². The van der Waals surface area contributed by atoms with Crippen LogP contribution in [0.15, 0.2) is 18.2 Å². The van der Waals surface area contributed by atoms with Gasteiger partial charge in [-0.3, -0.25) is 4.79 Å². The molecule has 1 amide bonds. The molecule has 0 spiro atoms. The van der Waals surface area contributed by atoms with Crippen molar-refractivity contribution in [3.8, 4) is 0 Å². The van der Waals surface area contributed by atoms with Gasteiger partial charge in [0.2, 0.25) is 5.91 Å². The Labute approximate surface area is 113 Å². The molecular weight excluding hydrogens is 252 g/mol. The number of nitrogens with zero attached hydrogens (tertiary/aromatic N) is 1. The smallest absolute Gasteiger partial charge is 0.224 e. The number of aliphatic hydroxyl groups is 1. The zero-order valence-corrected chi connectivity index (χ0v) is 11.5. The number of carbonyl (C=O) groups excluding carboxylic acids is 1. The van der Waals surface area contributed by atoms with Crippen LogP contribution < -0.4 is 10.2 Å². The summed E-state index contributed by atoms with van der Waals surface area (Å²) in [5, 5.41) is 12.0. The second-order valence-electron chi connectivity index (χ2n) is 4.29. The van der Waals surface area contributed by atoms with Gasteiger partial charge < -0.3 is 15.3 Å². The number of unbranched alkanes of at least 4 members (excludes halogenated alkanes) is 1. The van der Waals surface area contributed by atoms with Crippen LogP contribution in [0.3, 0.4) is 0 Å². The highest BCUT2D eigenvalue weighted by Gasteiger charge is 2.06. The summed E-state index contributed by atoms with van der Waals surface area (Å²) < 4.78 is 0. The SMILES string of the molecule is CN(C)c1ccc(NC(=O)CCCCO)cc1Cl. The average Bonchev–Trinajstić information content (AvgIpc) is 2.28. The first-order chi connectivity index (χ1) is 8.54. The fourth-order valence-electron chi connectivity index (χ4n) is 1.57. The predicted octanol–water partition coefficient (Wildman–Crippen LogP) is 2.51. The normalized spacial score (nSPS) is 10.2. The second-order valence-corrected chi connectivity index (χ2v) is 4.70. The molecular formula is C13H19ClN2O2. The highest BCUT2D eigenvalue weighted by molar-refractivity contribution is 6.33. The van der Waals surface area contributed by atoms with Gasteiger partial charge in [0.25, 0.3) is 0 Å². The lowest BCUT2D eigenvalue weighted by Crippen LogP contribution is -2.12. The van der Waals surface area contributed by atoms with Crippen molar-refractivity contribution in [2.75, 3.05) is 30.9 Å². The number of halogens is 1. The highest BCUT2D eigenvalue weighted by Crippen LogP contribution is 2.27. The first-order valence-corrected chi connectivity index (χ1v) is 6.30. The lowest BCUT2D eigenvalue weighted by Gasteiger charge is -2.15. The Morgan fingerprint density at radius 1 is 1.39 bits per heavy atom. The van der Waals surface area contributed by atoms with Gasteiger partial charge in [0.15, 0.2) is 0 Å². The lowest BCUT2D eigenvalue weighted by molar-refractivity contribution is -0.116. The largest absolute Gasteiger partial charge is 0.396 e. The number of hydrogen-bond acceptors (Lipinski definition) is 3. The Kier molecular flexibility index (Phi) is 5.95. The molecule has 0 aliphatic heterocycles. The Bertz CT molecular complexity index is 408. The number of amides is 1. The molecule has 0 heterocycles. The summed E-state index contributed by atoms with van der Waals surface area (Å²) in [4.78, 5) is 13.5. The highest BCUT2D eigenvalue weighted by atomic mass is 35.5. The number of hydrogen-bond donors (Lipinski definition) is 2. The summed E-state index contributed by atoms with van der Waals surface area (Å²) in [5.74, 6) is -0.0582. The van der Waals surface area contributed by atoms with E-state index in [-0.39, 0.29) is 12.5 Å². The fraction of sp³-hybridized carbons (Fsp3) is 0.462. The zero-order valence-electron chi connectivity index (χ0n) is 10.7. The molecule has 2 N–H and O–H groups in total. The zero-order chi connectivity index (χ0) is 13.5. The Hall–Kier alpha value is -1.26. The first kappa shape index (κ1) is 14.8. The molecule has 0 radical (unpaired) electrons. The van der Waals surface area contributed by atoms with Crippen LogP contribution in [0, 0.1) is 0 Å². The molecule has 0 atom stereocenters. The van der Waals surface area contributed by atoms with E-state index in [0.717, 1.165) is 5.69 Å². The first-order valence-electron chi connectivity index (χ1n) is 5.92. The lowest BCUT2D eigenvalue weighted by atomic mass is 10.2. The van der Waals surface area contributed by atoms with Gasteiger partial charge in [-0.2, -0.15) is 0 Å². The van der Waals surface area contributed by atoms with Crippen molar-refractivity contribution in [3.63, 3.8) is 0 Å². The maximum atomic E-state index is 11.6. The van der Waals surface area contributed by atoms with Gasteiger partial charge in [-0.1, -0.05) is 11.6 Å². The van der Waals surface area contributed by atoms with Crippen molar-refractivity contribution in [1.29, 1.82) is 0 Å². The van der Waals surface area contributed by atoms with E-state index in [4.69, 9.17) is 16.7 Å². The molecule has 4 nitrogen and oxygen atoms in total. The molecule has 1 aromatic rings. The van der Waals surface area contributed by atoms with Crippen LogP contribution in [0.25, 0.3) is 0 Å². The minimum Gasteiger partial charge on any atom is -0.396 e. The maximum Gasteiger partial charge on any atom is 0.224 e. The van der Waals surface area contributed by atoms with Crippen molar-refractivity contribution < 1.29 is 9.90 Å². The Morgan fingerprint density at radius 2 is 2.11 bits per heavy atom. The quantitative estimate of drug-likeness (QED) is 0.781. The van der Waals surface area contributed by atoms with Gasteiger partial charge in [0.1, 0.15) is 0 Å². The number of rotatable bonds is 6. The van der Waals surface area contributed by atoms with E-state index in [0.29, 0.717) is 30.0 Å². The van der Waals surface area contributed by atoms with Crippen molar-refractivity contribution in [2.45, 2.75) is 19.3 Å². The third-order valence-corrected chi connectivity index (χ3v) is 2.83. The van der Waals surface area contributed by atoms with E-state index in [1.165, 1.54) is 0 Å². The monoisotopic (exact) mass is 270 g/mol. The summed E-state index contributed by atoms with van der Waals surface area (Å²) in [5.41, 5.74) is 1.61. The van der Waals surface area contributed by atoms with E-state index in [2.05, 4.69) is 5.32 Å². The number of aliphatic hydroxyl groups excluding tert-OH is 1. The van der Waals surface area contributed by atoms with E-state index < -0.39 is 0 Å². The molecule has 0 bridgehead atoms. The summed E-state index contributed by atoms with van der Waals surface area (Å²) in [6.07, 6.45) is 1.74. The van der Waals surface area contributed by atoms with Crippen LogP contribution in [0.2, 0.25) is 5.02 Å². The fourth-order valence-corrected chi connectivity index (χ4v) is 1.92. The number of carbonyl (C=O) groups is 1. The maximum absolute atomic E-state index is 11.6. The van der Waals surface area contributed by atoms with Crippen LogP contribution in [0.5, 0.6) is 0 Å². The van der Waals surface area contributed by atoms with Crippen molar-refractivity contribution in [1.82, 2.24) is 0 Å². The molecule has 0 unspecified atom stereocenters. The van der Waals surface area contributed by atoms with E-state index in [9.17, 15) is 4.79 Å².